The molecule has 0 bridgehead atoms. The number of carbonyl (C=O) groups excluding carboxylic acids is 1. The van der Waals surface area contributed by atoms with Gasteiger partial charge in [0.1, 0.15) is 11.9 Å². The quantitative estimate of drug-likeness (QED) is 0.708. The van der Waals surface area contributed by atoms with Crippen LogP contribution in [0.2, 0.25) is 0 Å². The van der Waals surface area contributed by atoms with Gasteiger partial charge in [-0.25, -0.2) is 0 Å². The molecule has 1 aliphatic carbocycles. The summed E-state index contributed by atoms with van der Waals surface area (Å²) < 4.78 is 16.9. The first-order chi connectivity index (χ1) is 14.1. The van der Waals surface area contributed by atoms with Gasteiger partial charge < -0.3 is 19.1 Å². The van der Waals surface area contributed by atoms with Crippen LogP contribution in [0.4, 0.5) is 0 Å². The number of rotatable bonds is 7. The number of hydrogen-bond acceptors (Lipinski definition) is 5. The molecule has 2 aliphatic rings. The molecule has 0 unspecified atom stereocenters. The Kier molecular flexibility index (Phi) is 6.01. The fourth-order valence-corrected chi connectivity index (χ4v) is 4.28. The first kappa shape index (κ1) is 20.1. The van der Waals surface area contributed by atoms with E-state index >= 15 is 0 Å². The van der Waals surface area contributed by atoms with Crippen LogP contribution in [0.15, 0.2) is 30.3 Å². The lowest BCUT2D eigenvalue weighted by Crippen LogP contribution is -2.46. The number of pyridine rings is 1. The van der Waals surface area contributed by atoms with Crippen LogP contribution in [0.5, 0.6) is 5.75 Å². The van der Waals surface area contributed by atoms with Crippen LogP contribution in [-0.2, 0) is 14.3 Å². The van der Waals surface area contributed by atoms with Gasteiger partial charge in [0, 0.05) is 24.6 Å². The van der Waals surface area contributed by atoms with E-state index in [2.05, 4.69) is 6.92 Å². The molecule has 1 amide bonds. The van der Waals surface area contributed by atoms with Gasteiger partial charge in [0.05, 0.1) is 37.1 Å². The van der Waals surface area contributed by atoms with Crippen LogP contribution in [0.3, 0.4) is 0 Å². The average Bonchev–Trinajstić information content (AvgIpc) is 3.58. The summed E-state index contributed by atoms with van der Waals surface area (Å²) in [6, 6.07) is 10.0. The Balaban J connectivity index is 1.60. The third-order valence-electron chi connectivity index (χ3n) is 5.94. The Morgan fingerprint density at radius 1 is 1.24 bits per heavy atom. The van der Waals surface area contributed by atoms with Gasteiger partial charge in [-0.15, -0.1) is 0 Å². The van der Waals surface area contributed by atoms with Gasteiger partial charge in [-0.2, -0.15) is 0 Å². The van der Waals surface area contributed by atoms with E-state index in [1.165, 1.54) is 0 Å². The van der Waals surface area contributed by atoms with E-state index in [0.29, 0.717) is 6.61 Å². The molecule has 4 rings (SSSR count). The lowest BCUT2D eigenvalue weighted by Gasteiger charge is -2.36. The molecule has 29 heavy (non-hydrogen) atoms. The summed E-state index contributed by atoms with van der Waals surface area (Å²) in [5.74, 6) is 0.865. The fraction of sp³-hybridized carbons (Fsp3) is 0.565. The van der Waals surface area contributed by atoms with E-state index in [9.17, 15) is 4.79 Å². The molecule has 2 aromatic rings. The van der Waals surface area contributed by atoms with Crippen LogP contribution >= 0.6 is 0 Å². The molecule has 6 nitrogen and oxygen atoms in total. The number of hydrogen-bond donors (Lipinski definition) is 0. The van der Waals surface area contributed by atoms with Gasteiger partial charge in [0.25, 0.3) is 5.91 Å². The number of nitrogens with zero attached hydrogens (tertiary/aromatic N) is 2. The first-order valence-corrected chi connectivity index (χ1v) is 10.5. The number of fused-ring (bicyclic) bond motifs is 1. The minimum Gasteiger partial charge on any atom is -0.496 e. The Morgan fingerprint density at radius 3 is 2.76 bits per heavy atom. The molecule has 156 valence electrons. The predicted molar refractivity (Wildman–Crippen MR) is 111 cm³/mol. The third-order valence-corrected chi connectivity index (χ3v) is 5.94. The summed E-state index contributed by atoms with van der Waals surface area (Å²) in [5, 5.41) is 0.980. The number of carbonyl (C=O) groups is 1. The lowest BCUT2D eigenvalue weighted by atomic mass is 10.0. The summed E-state index contributed by atoms with van der Waals surface area (Å²) in [5.41, 5.74) is 1.73. The summed E-state index contributed by atoms with van der Waals surface area (Å²) in [6.45, 7) is 2.59. The molecule has 0 N–H and O–H groups in total. The molecule has 1 saturated carbocycles. The predicted octanol–water partition coefficient (Wildman–Crippen LogP) is 3.88. The van der Waals surface area contributed by atoms with Crippen molar-refractivity contribution in [1.82, 2.24) is 9.88 Å². The van der Waals surface area contributed by atoms with Gasteiger partial charge in [-0.1, -0.05) is 12.1 Å². The average molecular weight is 399 g/mol. The van der Waals surface area contributed by atoms with E-state index in [1.54, 1.807) is 14.2 Å². The number of benzene rings is 1. The van der Waals surface area contributed by atoms with Crippen molar-refractivity contribution in [1.29, 1.82) is 0 Å². The van der Waals surface area contributed by atoms with Crippen molar-refractivity contribution >= 4 is 16.8 Å². The molecule has 6 heteroatoms. The van der Waals surface area contributed by atoms with Crippen molar-refractivity contribution in [2.75, 3.05) is 20.8 Å². The number of methoxy groups -OCH3 is 2. The largest absolute Gasteiger partial charge is 0.496 e. The second-order valence-corrected chi connectivity index (χ2v) is 8.05. The maximum Gasteiger partial charge on any atom is 0.252 e. The number of para-hydroxylation sites is 1. The van der Waals surface area contributed by atoms with Crippen LogP contribution in [0.25, 0.3) is 10.9 Å². The molecule has 2 fully saturated rings. The maximum atomic E-state index is 13.5. The van der Waals surface area contributed by atoms with Crippen LogP contribution < -0.4 is 4.74 Å². The van der Waals surface area contributed by atoms with Crippen LogP contribution in [-0.4, -0.2) is 54.9 Å². The van der Waals surface area contributed by atoms with Crippen molar-refractivity contribution < 1.29 is 19.0 Å². The monoisotopic (exact) mass is 398 g/mol. The zero-order valence-corrected chi connectivity index (χ0v) is 17.5. The Morgan fingerprint density at radius 2 is 2.03 bits per heavy atom. The molecule has 1 aromatic carbocycles. The molecular weight excluding hydrogens is 368 g/mol. The molecule has 1 aliphatic heterocycles. The van der Waals surface area contributed by atoms with Crippen LogP contribution in [0, 0.1) is 0 Å². The molecule has 1 saturated heterocycles. The molecule has 0 spiro atoms. The Bertz CT molecular complexity index is 865. The highest BCUT2D eigenvalue weighted by Crippen LogP contribution is 2.37. The van der Waals surface area contributed by atoms with Crippen molar-refractivity contribution in [3.05, 3.63) is 36.0 Å². The lowest BCUT2D eigenvalue weighted by molar-refractivity contribution is -0.158. The minimum atomic E-state index is -0.394. The van der Waals surface area contributed by atoms with E-state index in [0.717, 1.165) is 54.5 Å². The van der Waals surface area contributed by atoms with Gasteiger partial charge in [-0.3, -0.25) is 9.78 Å². The van der Waals surface area contributed by atoms with Gasteiger partial charge >= 0.3 is 0 Å². The molecule has 2 heterocycles. The first-order valence-electron chi connectivity index (χ1n) is 10.5. The SMILES string of the molecule is COC[C@@H]1CCC[C@H](C(=O)N(C2CC2)[C@H](C)c2cc(OC)c3ccccc3n2)O1. The summed E-state index contributed by atoms with van der Waals surface area (Å²) in [7, 11) is 3.35. The fourth-order valence-electron chi connectivity index (χ4n) is 4.28. The van der Waals surface area contributed by atoms with E-state index in [4.69, 9.17) is 19.2 Å². The summed E-state index contributed by atoms with van der Waals surface area (Å²) in [4.78, 5) is 20.3. The third kappa shape index (κ3) is 4.23. The van der Waals surface area contributed by atoms with E-state index in [1.807, 2.05) is 35.2 Å². The van der Waals surface area contributed by atoms with Gasteiger partial charge in [-0.05, 0) is 51.2 Å². The summed E-state index contributed by atoms with van der Waals surface area (Å²) in [6.07, 6.45) is 4.37. The number of aromatic nitrogens is 1. The summed E-state index contributed by atoms with van der Waals surface area (Å²) >= 11 is 0. The molecule has 1 aromatic heterocycles. The molecule has 0 radical (unpaired) electrons. The maximum absolute atomic E-state index is 13.5. The number of amides is 1. The minimum absolute atomic E-state index is 0.00190. The topological polar surface area (TPSA) is 60.9 Å². The highest BCUT2D eigenvalue weighted by molar-refractivity contribution is 5.86. The van der Waals surface area contributed by atoms with Crippen molar-refractivity contribution in [2.45, 2.75) is 63.3 Å². The zero-order valence-electron chi connectivity index (χ0n) is 17.5. The van der Waals surface area contributed by atoms with Gasteiger partial charge in [0.15, 0.2) is 0 Å². The van der Waals surface area contributed by atoms with Crippen molar-refractivity contribution in [3.8, 4) is 5.75 Å². The molecular formula is C23H30N2O4. The molecule has 3 atom stereocenters. The smallest absolute Gasteiger partial charge is 0.252 e. The Labute approximate surface area is 172 Å². The van der Waals surface area contributed by atoms with Crippen molar-refractivity contribution in [2.24, 2.45) is 0 Å². The number of ether oxygens (including phenoxy) is 3. The normalized spacial score (nSPS) is 23.0. The van der Waals surface area contributed by atoms with E-state index < -0.39 is 6.10 Å². The van der Waals surface area contributed by atoms with Crippen LogP contribution in [0.1, 0.15) is 50.8 Å². The Hall–Kier alpha value is -2.18. The highest BCUT2D eigenvalue weighted by Gasteiger charge is 2.41. The highest BCUT2D eigenvalue weighted by atomic mass is 16.5. The standard InChI is InChI=1S/C23H30N2O4/c1-15(20-13-22(28-3)18-8-4-5-9-19(18)24-20)25(16-11-12-16)23(26)21-10-6-7-17(29-21)14-27-2/h4-5,8-9,13,15-17,21H,6-7,10-12,14H2,1-3H3/t15-,17+,21-/m1/s1. The second kappa shape index (κ2) is 8.67. The zero-order chi connectivity index (χ0) is 20.4. The van der Waals surface area contributed by atoms with E-state index in [-0.39, 0.29) is 24.1 Å². The van der Waals surface area contributed by atoms with Crippen molar-refractivity contribution in [3.63, 3.8) is 0 Å². The second-order valence-electron chi connectivity index (χ2n) is 8.05. The van der Waals surface area contributed by atoms with Gasteiger partial charge in [0.2, 0.25) is 0 Å².